The van der Waals surface area contributed by atoms with Crippen molar-refractivity contribution in [3.63, 3.8) is 0 Å². The molecule has 18 heteroatoms. The van der Waals surface area contributed by atoms with Crippen LogP contribution in [0.5, 0.6) is 29.0 Å². The molecule has 0 N–H and O–H groups in total. The van der Waals surface area contributed by atoms with Gasteiger partial charge in [-0.1, -0.05) is 54.6 Å². The summed E-state index contributed by atoms with van der Waals surface area (Å²) in [5.74, 6) is -0.649. The Morgan fingerprint density at radius 1 is 0.705 bits per heavy atom. The highest BCUT2D eigenvalue weighted by Crippen LogP contribution is 2.35. The summed E-state index contributed by atoms with van der Waals surface area (Å²) in [5.41, 5.74) is 2.76. The van der Waals surface area contributed by atoms with Gasteiger partial charge in [-0.05, 0) is 18.2 Å². The summed E-state index contributed by atoms with van der Waals surface area (Å²) in [5, 5.41) is 17.8. The summed E-state index contributed by atoms with van der Waals surface area (Å²) < 4.78 is 46.2. The van der Waals surface area contributed by atoms with E-state index < -0.39 is 24.1 Å². The summed E-state index contributed by atoms with van der Waals surface area (Å²) in [6, 6.07) is 27.6. The number of nitrogens with zero attached hydrogens (tertiary/aromatic N) is 6. The van der Waals surface area contributed by atoms with E-state index in [1.165, 1.54) is 80.0 Å². The Morgan fingerprint density at radius 2 is 1.28 bits per heavy atom. The first kappa shape index (κ1) is 45.5. The van der Waals surface area contributed by atoms with Gasteiger partial charge in [0.25, 0.3) is 0 Å². The first-order valence-corrected chi connectivity index (χ1v) is 17.6. The molecule has 0 spiro atoms. The van der Waals surface area contributed by atoms with Gasteiger partial charge in [0.2, 0.25) is 11.8 Å². The van der Waals surface area contributed by atoms with Crippen LogP contribution in [0.3, 0.4) is 0 Å². The molecule has 61 heavy (non-hydrogen) atoms. The van der Waals surface area contributed by atoms with E-state index in [0.29, 0.717) is 33.9 Å². The SMILES string of the molecule is CO/C=C(/C(=O)OC)c1ccccc1Oc1cc(C#N)ncn1.CO/C=C1\C(=O)Oc2ccccc21.COC(=O)C(c1ccccc1Oc1cc(C#N)ncn1)C(OC)OC. The van der Waals surface area contributed by atoms with Crippen molar-refractivity contribution < 1.29 is 57.0 Å². The predicted molar refractivity (Wildman–Crippen MR) is 213 cm³/mol. The number of aromatic nitrogens is 4. The average Bonchev–Trinajstić information content (AvgIpc) is 3.62. The van der Waals surface area contributed by atoms with Gasteiger partial charge >= 0.3 is 17.9 Å². The molecule has 6 rings (SSSR count). The zero-order chi connectivity index (χ0) is 44.1. The van der Waals surface area contributed by atoms with Gasteiger partial charge in [-0.25, -0.2) is 29.5 Å². The number of esters is 3. The number of carbonyl (C=O) groups is 3. The fourth-order valence-corrected chi connectivity index (χ4v) is 5.35. The molecule has 2 aromatic heterocycles. The number of hydrogen-bond acceptors (Lipinski definition) is 18. The number of fused-ring (bicyclic) bond motifs is 1. The van der Waals surface area contributed by atoms with Gasteiger partial charge in [0.1, 0.15) is 70.5 Å². The molecule has 3 heterocycles. The van der Waals surface area contributed by atoms with Crippen molar-refractivity contribution in [2.45, 2.75) is 12.2 Å². The van der Waals surface area contributed by atoms with Crippen molar-refractivity contribution in [2.75, 3.05) is 42.7 Å². The maximum absolute atomic E-state index is 12.3. The molecular formula is C43H38N6O12. The van der Waals surface area contributed by atoms with Crippen molar-refractivity contribution in [1.82, 2.24) is 19.9 Å². The molecule has 0 amide bonds. The minimum Gasteiger partial charge on any atom is -0.503 e. The van der Waals surface area contributed by atoms with E-state index in [1.54, 1.807) is 54.6 Å². The number of ether oxygens (including phenoxy) is 9. The molecule has 0 bridgehead atoms. The van der Waals surface area contributed by atoms with Gasteiger partial charge < -0.3 is 42.6 Å². The monoisotopic (exact) mass is 830 g/mol. The van der Waals surface area contributed by atoms with Crippen LogP contribution < -0.4 is 14.2 Å². The van der Waals surface area contributed by atoms with E-state index in [4.69, 9.17) is 53.2 Å². The van der Waals surface area contributed by atoms with E-state index >= 15 is 0 Å². The van der Waals surface area contributed by atoms with Crippen molar-refractivity contribution in [3.05, 3.63) is 138 Å². The van der Waals surface area contributed by atoms with Crippen LogP contribution in [0, 0.1) is 22.7 Å². The molecule has 312 valence electrons. The number of para-hydroxylation sites is 3. The van der Waals surface area contributed by atoms with E-state index in [0.717, 1.165) is 5.56 Å². The number of carbonyl (C=O) groups excluding carboxylic acids is 3. The Kier molecular flexibility index (Phi) is 17.4. The van der Waals surface area contributed by atoms with Gasteiger partial charge in [0, 0.05) is 43.0 Å². The van der Waals surface area contributed by atoms with Crippen LogP contribution in [0.25, 0.3) is 11.1 Å². The molecule has 0 aliphatic carbocycles. The van der Waals surface area contributed by atoms with Gasteiger partial charge in [-0.15, -0.1) is 0 Å². The standard InChI is InChI=1S/C17H17N3O5.C16H13N3O4.C10H8O3/c1-22-16(21)15(17(23-2)24-3)12-6-4-5-7-13(12)25-14-8-11(9-18)19-10-20-14;1-21-9-13(16(20)22-2)12-5-3-4-6-14(12)23-15-7-11(8-17)18-10-19-15;1-12-6-8-7-4-2-3-5-9(7)13-10(8)11/h4-8,10,15,17H,1-3H3;3-7,9-10H,1-2H3;2-6H,1H3/b;13-9+;8-6-. The summed E-state index contributed by atoms with van der Waals surface area (Å²) in [6.45, 7) is 0. The van der Waals surface area contributed by atoms with E-state index in [9.17, 15) is 14.4 Å². The third-order valence-electron chi connectivity index (χ3n) is 8.04. The predicted octanol–water partition coefficient (Wildman–Crippen LogP) is 5.91. The highest BCUT2D eigenvalue weighted by molar-refractivity contribution is 6.21. The second-order valence-corrected chi connectivity index (χ2v) is 11.7. The molecule has 3 aromatic carbocycles. The molecule has 5 aromatic rings. The normalized spacial score (nSPS) is 12.4. The molecule has 0 saturated heterocycles. The Morgan fingerprint density at radius 3 is 1.85 bits per heavy atom. The van der Waals surface area contributed by atoms with Crippen LogP contribution in [0.1, 0.15) is 34.0 Å². The molecule has 1 atom stereocenters. The summed E-state index contributed by atoms with van der Waals surface area (Å²) in [6.07, 6.45) is 4.25. The second-order valence-electron chi connectivity index (χ2n) is 11.7. The van der Waals surface area contributed by atoms with Crippen LogP contribution in [-0.2, 0) is 42.8 Å². The minimum absolute atomic E-state index is 0.165. The Hall–Kier alpha value is -8.19. The van der Waals surface area contributed by atoms with Crippen molar-refractivity contribution in [1.29, 1.82) is 10.5 Å². The van der Waals surface area contributed by atoms with Crippen molar-refractivity contribution in [3.8, 4) is 41.1 Å². The zero-order valence-corrected chi connectivity index (χ0v) is 33.6. The largest absolute Gasteiger partial charge is 0.503 e. The van der Waals surface area contributed by atoms with Crippen LogP contribution in [0.15, 0.2) is 110 Å². The van der Waals surface area contributed by atoms with Crippen molar-refractivity contribution >= 4 is 29.1 Å². The van der Waals surface area contributed by atoms with Crippen LogP contribution in [-0.4, -0.2) is 86.8 Å². The molecule has 0 saturated carbocycles. The molecule has 0 fully saturated rings. The lowest BCUT2D eigenvalue weighted by molar-refractivity contribution is -0.163. The fourth-order valence-electron chi connectivity index (χ4n) is 5.35. The van der Waals surface area contributed by atoms with Gasteiger partial charge in [0.15, 0.2) is 6.29 Å². The third kappa shape index (κ3) is 12.2. The second kappa shape index (κ2) is 23.3. The maximum Gasteiger partial charge on any atom is 0.347 e. The van der Waals surface area contributed by atoms with E-state index in [-0.39, 0.29) is 34.7 Å². The number of hydrogen-bond donors (Lipinski definition) is 0. The van der Waals surface area contributed by atoms with Gasteiger partial charge in [0.05, 0.1) is 41.0 Å². The minimum atomic E-state index is -0.867. The van der Waals surface area contributed by atoms with E-state index in [2.05, 4.69) is 19.9 Å². The fraction of sp³-hybridized carbons (Fsp3) is 0.186. The average molecular weight is 831 g/mol. The summed E-state index contributed by atoms with van der Waals surface area (Å²) in [4.78, 5) is 50.9. The van der Waals surface area contributed by atoms with Gasteiger partial charge in [-0.2, -0.15) is 10.5 Å². The molecule has 1 unspecified atom stereocenters. The molecule has 1 aliphatic heterocycles. The Labute approximate surface area is 350 Å². The zero-order valence-electron chi connectivity index (χ0n) is 33.6. The molecular weight excluding hydrogens is 793 g/mol. The lowest BCUT2D eigenvalue weighted by Gasteiger charge is -2.24. The smallest absolute Gasteiger partial charge is 0.347 e. The molecule has 1 aliphatic rings. The Balaban J connectivity index is 0.000000211. The number of nitriles is 2. The summed E-state index contributed by atoms with van der Waals surface area (Å²) >= 11 is 0. The third-order valence-corrected chi connectivity index (χ3v) is 8.04. The molecule has 0 radical (unpaired) electrons. The lowest BCUT2D eigenvalue weighted by atomic mass is 9.97. The first-order valence-electron chi connectivity index (χ1n) is 17.6. The van der Waals surface area contributed by atoms with Gasteiger partial charge in [-0.3, -0.25) is 4.79 Å². The lowest BCUT2D eigenvalue weighted by Crippen LogP contribution is -2.30. The van der Waals surface area contributed by atoms with Crippen LogP contribution >= 0.6 is 0 Å². The number of methoxy groups -OCH3 is 6. The quantitative estimate of drug-likeness (QED) is 0.0441. The number of rotatable bonds is 13. The van der Waals surface area contributed by atoms with E-state index in [1.807, 2.05) is 30.3 Å². The maximum atomic E-state index is 12.3. The van der Waals surface area contributed by atoms with Crippen LogP contribution in [0.2, 0.25) is 0 Å². The number of benzene rings is 3. The first-order chi connectivity index (χ1) is 29.7. The van der Waals surface area contributed by atoms with Crippen LogP contribution in [0.4, 0.5) is 0 Å². The topological polar surface area (TPSA) is 233 Å². The highest BCUT2D eigenvalue weighted by atomic mass is 16.7. The Bertz CT molecular complexity index is 2460. The molecule has 18 nitrogen and oxygen atoms in total. The summed E-state index contributed by atoms with van der Waals surface area (Å²) in [7, 11) is 8.34. The van der Waals surface area contributed by atoms with Crippen molar-refractivity contribution in [2.24, 2.45) is 0 Å². The highest BCUT2D eigenvalue weighted by Gasteiger charge is 2.34.